The van der Waals surface area contributed by atoms with Gasteiger partial charge in [0.15, 0.2) is 5.96 Å². The van der Waals surface area contributed by atoms with Crippen molar-refractivity contribution in [3.8, 4) is 0 Å². The van der Waals surface area contributed by atoms with Gasteiger partial charge in [-0.3, -0.25) is 4.99 Å². The quantitative estimate of drug-likeness (QED) is 0.592. The maximum atomic E-state index is 5.68. The van der Waals surface area contributed by atoms with Gasteiger partial charge in [-0.1, -0.05) is 60.7 Å². The van der Waals surface area contributed by atoms with Crippen molar-refractivity contribution in [2.24, 2.45) is 4.99 Å². The van der Waals surface area contributed by atoms with Gasteiger partial charge in [-0.25, -0.2) is 0 Å². The second kappa shape index (κ2) is 9.97. The minimum atomic E-state index is 0.286. The first kappa shape index (κ1) is 18.5. The molecule has 2 aromatic carbocycles. The summed E-state index contributed by atoms with van der Waals surface area (Å²) in [6.45, 7) is 2.59. The molecule has 0 amide bonds. The van der Waals surface area contributed by atoms with Crippen LogP contribution in [0.4, 0.5) is 0 Å². The Labute approximate surface area is 156 Å². The lowest BCUT2D eigenvalue weighted by Crippen LogP contribution is -2.40. The van der Waals surface area contributed by atoms with Crippen LogP contribution in [0.2, 0.25) is 0 Å². The lowest BCUT2D eigenvalue weighted by Gasteiger charge is -2.21. The highest BCUT2D eigenvalue weighted by Crippen LogP contribution is 2.23. The van der Waals surface area contributed by atoms with E-state index in [4.69, 9.17) is 4.74 Å². The molecule has 26 heavy (non-hydrogen) atoms. The summed E-state index contributed by atoms with van der Waals surface area (Å²) in [5.41, 5.74) is 2.61. The lowest BCUT2D eigenvalue weighted by atomic mass is 9.91. The van der Waals surface area contributed by atoms with Crippen LogP contribution in [-0.2, 0) is 4.74 Å². The molecule has 0 spiro atoms. The first-order chi connectivity index (χ1) is 12.9. The second-order valence-electron chi connectivity index (χ2n) is 6.68. The van der Waals surface area contributed by atoms with Gasteiger partial charge in [0.2, 0.25) is 0 Å². The lowest BCUT2D eigenvalue weighted by molar-refractivity contribution is 0.105. The normalized spacial score (nSPS) is 17.5. The van der Waals surface area contributed by atoms with Gasteiger partial charge in [0, 0.05) is 32.7 Å². The molecule has 1 aliphatic heterocycles. The number of guanidine groups is 1. The van der Waals surface area contributed by atoms with Crippen molar-refractivity contribution < 1.29 is 4.74 Å². The number of ether oxygens (including phenoxy) is 1. The molecule has 1 aliphatic rings. The summed E-state index contributed by atoms with van der Waals surface area (Å²) < 4.78 is 5.68. The molecular formula is C22H29N3O. The van der Waals surface area contributed by atoms with Crippen molar-refractivity contribution in [1.82, 2.24) is 10.6 Å². The molecule has 4 nitrogen and oxygen atoms in total. The molecule has 1 heterocycles. The van der Waals surface area contributed by atoms with Crippen LogP contribution in [0, 0.1) is 0 Å². The molecule has 0 bridgehead atoms. The van der Waals surface area contributed by atoms with Crippen molar-refractivity contribution in [3.05, 3.63) is 71.8 Å². The Morgan fingerprint density at radius 3 is 2.23 bits per heavy atom. The van der Waals surface area contributed by atoms with E-state index in [1.54, 1.807) is 0 Å². The highest BCUT2D eigenvalue weighted by Gasteiger charge is 2.16. The fraction of sp³-hybridized carbons (Fsp3) is 0.409. The van der Waals surface area contributed by atoms with Crippen LogP contribution in [0.1, 0.15) is 36.3 Å². The van der Waals surface area contributed by atoms with E-state index in [0.717, 1.165) is 32.1 Å². The fourth-order valence-corrected chi connectivity index (χ4v) is 3.44. The van der Waals surface area contributed by atoms with E-state index in [1.165, 1.54) is 24.0 Å². The van der Waals surface area contributed by atoms with Crippen LogP contribution in [0.5, 0.6) is 0 Å². The van der Waals surface area contributed by atoms with Crippen molar-refractivity contribution in [1.29, 1.82) is 0 Å². The van der Waals surface area contributed by atoms with E-state index >= 15 is 0 Å². The zero-order valence-electron chi connectivity index (χ0n) is 15.5. The number of benzene rings is 2. The fourth-order valence-electron chi connectivity index (χ4n) is 3.44. The number of rotatable bonds is 7. The molecule has 2 N–H and O–H groups in total. The van der Waals surface area contributed by atoms with Gasteiger partial charge in [-0.05, 0) is 30.4 Å². The Morgan fingerprint density at radius 2 is 1.69 bits per heavy atom. The van der Waals surface area contributed by atoms with E-state index < -0.39 is 0 Å². The van der Waals surface area contributed by atoms with Crippen LogP contribution < -0.4 is 10.6 Å². The topological polar surface area (TPSA) is 45.7 Å². The summed E-state index contributed by atoms with van der Waals surface area (Å²) >= 11 is 0. The van der Waals surface area contributed by atoms with Gasteiger partial charge in [0.1, 0.15) is 0 Å². The van der Waals surface area contributed by atoms with Crippen LogP contribution in [0.3, 0.4) is 0 Å². The maximum Gasteiger partial charge on any atom is 0.191 e. The zero-order chi connectivity index (χ0) is 18.0. The summed E-state index contributed by atoms with van der Waals surface area (Å²) in [4.78, 5) is 4.37. The van der Waals surface area contributed by atoms with Gasteiger partial charge in [-0.2, -0.15) is 0 Å². The molecule has 1 saturated heterocycles. The Morgan fingerprint density at radius 1 is 1.04 bits per heavy atom. The summed E-state index contributed by atoms with van der Waals surface area (Å²) in [6.07, 6.45) is 3.80. The van der Waals surface area contributed by atoms with E-state index in [2.05, 4.69) is 76.3 Å². The largest absolute Gasteiger partial charge is 0.378 e. The Kier molecular flexibility index (Phi) is 7.08. The Hall–Kier alpha value is -2.33. The molecule has 2 aromatic rings. The van der Waals surface area contributed by atoms with Gasteiger partial charge in [0.05, 0.1) is 6.10 Å². The average molecular weight is 351 g/mol. The summed E-state index contributed by atoms with van der Waals surface area (Å²) in [5, 5.41) is 6.90. The maximum absolute atomic E-state index is 5.68. The molecular weight excluding hydrogens is 322 g/mol. The monoisotopic (exact) mass is 351 g/mol. The van der Waals surface area contributed by atoms with Crippen molar-refractivity contribution in [2.45, 2.75) is 31.3 Å². The van der Waals surface area contributed by atoms with E-state index in [-0.39, 0.29) is 5.92 Å². The minimum Gasteiger partial charge on any atom is -0.378 e. The number of hydrogen-bond donors (Lipinski definition) is 2. The molecule has 0 aliphatic carbocycles. The third-order valence-corrected chi connectivity index (χ3v) is 4.88. The molecule has 1 fully saturated rings. The molecule has 0 radical (unpaired) electrons. The highest BCUT2D eigenvalue weighted by molar-refractivity contribution is 5.79. The number of aliphatic imine (C=N–C) groups is 1. The molecule has 3 rings (SSSR count). The van der Waals surface area contributed by atoms with Crippen molar-refractivity contribution in [2.75, 3.05) is 26.7 Å². The van der Waals surface area contributed by atoms with E-state index in [0.29, 0.717) is 6.10 Å². The Bertz CT molecular complexity index is 627. The predicted molar refractivity (Wildman–Crippen MR) is 108 cm³/mol. The summed E-state index contributed by atoms with van der Waals surface area (Å²) in [7, 11) is 1.82. The number of nitrogens with one attached hydrogen (secondary N) is 2. The third-order valence-electron chi connectivity index (χ3n) is 4.88. The first-order valence-electron chi connectivity index (χ1n) is 9.53. The van der Waals surface area contributed by atoms with Gasteiger partial charge in [-0.15, -0.1) is 0 Å². The van der Waals surface area contributed by atoms with Crippen LogP contribution in [-0.4, -0.2) is 38.8 Å². The molecule has 0 saturated carbocycles. The van der Waals surface area contributed by atoms with Crippen molar-refractivity contribution >= 4 is 5.96 Å². The first-order valence-corrected chi connectivity index (χ1v) is 9.53. The Balaban J connectivity index is 1.57. The summed E-state index contributed by atoms with van der Waals surface area (Å²) in [6, 6.07) is 21.3. The molecule has 1 atom stereocenters. The second-order valence-corrected chi connectivity index (χ2v) is 6.68. The SMILES string of the molecule is CN=C(NCCC1CCCO1)NCC(c1ccccc1)c1ccccc1. The molecule has 1 unspecified atom stereocenters. The molecule has 4 heteroatoms. The van der Waals surface area contributed by atoms with Crippen molar-refractivity contribution in [3.63, 3.8) is 0 Å². The number of nitrogens with zero attached hydrogens (tertiary/aromatic N) is 1. The summed E-state index contributed by atoms with van der Waals surface area (Å²) in [5.74, 6) is 1.13. The highest BCUT2D eigenvalue weighted by atomic mass is 16.5. The average Bonchev–Trinajstić information content (AvgIpc) is 3.22. The smallest absolute Gasteiger partial charge is 0.191 e. The number of hydrogen-bond acceptors (Lipinski definition) is 2. The zero-order valence-corrected chi connectivity index (χ0v) is 15.5. The standard InChI is InChI=1S/C22H29N3O/c1-23-22(24-15-14-20-13-8-16-26-20)25-17-21(18-9-4-2-5-10-18)19-11-6-3-7-12-19/h2-7,9-12,20-21H,8,13-17H2,1H3,(H2,23,24,25). The minimum absolute atomic E-state index is 0.286. The van der Waals surface area contributed by atoms with E-state index in [9.17, 15) is 0 Å². The third kappa shape index (κ3) is 5.33. The predicted octanol–water partition coefficient (Wildman–Crippen LogP) is 3.55. The molecule has 138 valence electrons. The van der Waals surface area contributed by atoms with Gasteiger partial charge in [0.25, 0.3) is 0 Å². The van der Waals surface area contributed by atoms with Crippen LogP contribution >= 0.6 is 0 Å². The van der Waals surface area contributed by atoms with Crippen LogP contribution in [0.25, 0.3) is 0 Å². The van der Waals surface area contributed by atoms with E-state index in [1.807, 2.05) is 7.05 Å². The van der Waals surface area contributed by atoms with Crippen LogP contribution in [0.15, 0.2) is 65.7 Å². The van der Waals surface area contributed by atoms with Gasteiger partial charge >= 0.3 is 0 Å². The van der Waals surface area contributed by atoms with Gasteiger partial charge < -0.3 is 15.4 Å². The molecule has 0 aromatic heterocycles.